The van der Waals surface area contributed by atoms with E-state index in [1.54, 1.807) is 0 Å². The number of rotatable bonds is 3. The largest absolute Gasteiger partial charge is 0.381 e. The molecule has 0 bridgehead atoms. The Morgan fingerprint density at radius 1 is 1.27 bits per heavy atom. The Hall–Kier alpha value is -1.46. The smallest absolute Gasteiger partial charge is 0.160 e. The second kappa shape index (κ2) is 5.97. The van der Waals surface area contributed by atoms with Crippen molar-refractivity contribution >= 4 is 11.2 Å². The van der Waals surface area contributed by atoms with Gasteiger partial charge in [0.1, 0.15) is 11.3 Å². The highest BCUT2D eigenvalue weighted by Gasteiger charge is 2.26. The number of aromatic nitrogens is 3. The van der Waals surface area contributed by atoms with E-state index in [9.17, 15) is 0 Å². The Kier molecular flexibility index (Phi) is 3.84. The zero-order valence-electron chi connectivity index (χ0n) is 13.2. The summed E-state index contributed by atoms with van der Waals surface area (Å²) in [5.74, 6) is 1.82. The lowest BCUT2D eigenvalue weighted by molar-refractivity contribution is 0.184. The Morgan fingerprint density at radius 3 is 2.91 bits per heavy atom. The number of ether oxygens (including phenoxy) is 1. The van der Waals surface area contributed by atoms with Gasteiger partial charge in [-0.15, -0.1) is 0 Å². The van der Waals surface area contributed by atoms with Gasteiger partial charge in [0.25, 0.3) is 0 Å². The summed E-state index contributed by atoms with van der Waals surface area (Å²) in [6.07, 6.45) is 6.43. The number of likely N-dealkylation sites (tertiary alicyclic amines) is 1. The Morgan fingerprint density at radius 2 is 2.14 bits per heavy atom. The average molecular weight is 300 g/mol. The second-order valence-electron chi connectivity index (χ2n) is 6.71. The molecule has 0 N–H and O–H groups in total. The van der Waals surface area contributed by atoms with Crippen molar-refractivity contribution in [1.82, 2.24) is 19.4 Å². The molecule has 2 fully saturated rings. The van der Waals surface area contributed by atoms with Crippen LogP contribution >= 0.6 is 0 Å². The molecule has 2 saturated heterocycles. The van der Waals surface area contributed by atoms with E-state index in [4.69, 9.17) is 9.72 Å². The molecule has 5 heteroatoms. The van der Waals surface area contributed by atoms with Gasteiger partial charge in [-0.3, -0.25) is 0 Å². The van der Waals surface area contributed by atoms with Crippen molar-refractivity contribution in [2.45, 2.75) is 31.7 Å². The minimum absolute atomic E-state index is 0.536. The van der Waals surface area contributed by atoms with Crippen LogP contribution in [-0.4, -0.2) is 52.8 Å². The fraction of sp³-hybridized carbons (Fsp3) is 0.647. The van der Waals surface area contributed by atoms with E-state index in [0.29, 0.717) is 12.0 Å². The number of piperidine rings is 1. The molecule has 0 radical (unpaired) electrons. The van der Waals surface area contributed by atoms with Gasteiger partial charge in [-0.2, -0.15) is 0 Å². The summed E-state index contributed by atoms with van der Waals surface area (Å²) >= 11 is 0. The topological polar surface area (TPSA) is 43.2 Å². The minimum Gasteiger partial charge on any atom is -0.381 e. The van der Waals surface area contributed by atoms with Crippen LogP contribution in [-0.2, 0) is 11.2 Å². The highest BCUT2D eigenvalue weighted by Crippen LogP contribution is 2.29. The van der Waals surface area contributed by atoms with Crippen molar-refractivity contribution in [3.05, 3.63) is 24.2 Å². The van der Waals surface area contributed by atoms with Crippen molar-refractivity contribution in [3.8, 4) is 0 Å². The molecule has 0 saturated carbocycles. The molecule has 0 aromatic carbocycles. The van der Waals surface area contributed by atoms with Crippen molar-refractivity contribution < 1.29 is 4.74 Å². The Labute approximate surface area is 131 Å². The first-order chi connectivity index (χ1) is 10.8. The predicted octanol–water partition coefficient (Wildman–Crippen LogP) is 2.28. The third-order valence-corrected chi connectivity index (χ3v) is 5.07. The van der Waals surface area contributed by atoms with Crippen LogP contribution in [0.15, 0.2) is 18.3 Å². The summed E-state index contributed by atoms with van der Waals surface area (Å²) in [7, 11) is 2.21. The fourth-order valence-corrected chi connectivity index (χ4v) is 3.76. The van der Waals surface area contributed by atoms with Gasteiger partial charge in [0.15, 0.2) is 5.65 Å². The normalized spacial score (nSPS) is 24.3. The first kappa shape index (κ1) is 14.2. The first-order valence-corrected chi connectivity index (χ1v) is 8.39. The highest BCUT2D eigenvalue weighted by atomic mass is 16.5. The maximum atomic E-state index is 5.54. The number of pyridine rings is 1. The highest BCUT2D eigenvalue weighted by molar-refractivity contribution is 5.71. The average Bonchev–Trinajstić information content (AvgIpc) is 3.16. The predicted molar refractivity (Wildman–Crippen MR) is 85.9 cm³/mol. The maximum absolute atomic E-state index is 5.54. The SMILES string of the molecule is CN1CCC(n2c(CC3CCOC3)nc3cccnc32)CC1. The summed E-state index contributed by atoms with van der Waals surface area (Å²) in [5, 5.41) is 0. The number of fused-ring (bicyclic) bond motifs is 1. The number of nitrogens with zero attached hydrogens (tertiary/aromatic N) is 4. The van der Waals surface area contributed by atoms with Gasteiger partial charge in [0.2, 0.25) is 0 Å². The molecule has 4 heterocycles. The third kappa shape index (κ3) is 2.63. The van der Waals surface area contributed by atoms with E-state index in [1.165, 1.54) is 18.7 Å². The van der Waals surface area contributed by atoms with E-state index in [2.05, 4.69) is 27.6 Å². The number of hydrogen-bond donors (Lipinski definition) is 0. The van der Waals surface area contributed by atoms with Gasteiger partial charge in [-0.25, -0.2) is 9.97 Å². The van der Waals surface area contributed by atoms with Gasteiger partial charge in [0, 0.05) is 31.9 Å². The standard InChI is InChI=1S/C17H24N4O/c1-20-8-4-14(5-9-20)21-16(11-13-6-10-22-12-13)19-15-3-2-7-18-17(15)21/h2-3,7,13-14H,4-6,8-12H2,1H3. The van der Waals surface area contributed by atoms with E-state index < -0.39 is 0 Å². The van der Waals surface area contributed by atoms with Crippen molar-refractivity contribution in [2.75, 3.05) is 33.4 Å². The molecule has 22 heavy (non-hydrogen) atoms. The quantitative estimate of drug-likeness (QED) is 0.872. The summed E-state index contributed by atoms with van der Waals surface area (Å²) in [6, 6.07) is 4.60. The molecule has 0 spiro atoms. The molecule has 2 aliphatic heterocycles. The van der Waals surface area contributed by atoms with Crippen molar-refractivity contribution in [3.63, 3.8) is 0 Å². The summed E-state index contributed by atoms with van der Waals surface area (Å²) in [6.45, 7) is 4.09. The molecular weight excluding hydrogens is 276 g/mol. The summed E-state index contributed by atoms with van der Waals surface area (Å²) in [5.41, 5.74) is 2.10. The lowest BCUT2D eigenvalue weighted by atomic mass is 10.0. The van der Waals surface area contributed by atoms with Crippen LogP contribution in [0.2, 0.25) is 0 Å². The molecule has 4 rings (SSSR count). The molecule has 2 aliphatic rings. The Bertz CT molecular complexity index is 639. The van der Waals surface area contributed by atoms with Crippen LogP contribution in [0.5, 0.6) is 0 Å². The molecule has 0 amide bonds. The van der Waals surface area contributed by atoms with E-state index >= 15 is 0 Å². The van der Waals surface area contributed by atoms with Crippen LogP contribution in [0, 0.1) is 5.92 Å². The lowest BCUT2D eigenvalue weighted by Crippen LogP contribution is -2.32. The molecule has 2 aromatic heterocycles. The third-order valence-electron chi connectivity index (χ3n) is 5.07. The van der Waals surface area contributed by atoms with Gasteiger partial charge >= 0.3 is 0 Å². The van der Waals surface area contributed by atoms with Crippen LogP contribution in [0.1, 0.15) is 31.1 Å². The molecule has 1 unspecified atom stereocenters. The fourth-order valence-electron chi connectivity index (χ4n) is 3.76. The monoisotopic (exact) mass is 300 g/mol. The molecule has 2 aromatic rings. The van der Waals surface area contributed by atoms with Crippen molar-refractivity contribution in [1.29, 1.82) is 0 Å². The van der Waals surface area contributed by atoms with Crippen LogP contribution in [0.3, 0.4) is 0 Å². The molecule has 118 valence electrons. The zero-order valence-corrected chi connectivity index (χ0v) is 13.2. The molecule has 5 nitrogen and oxygen atoms in total. The minimum atomic E-state index is 0.536. The molecular formula is C17H24N4O. The van der Waals surface area contributed by atoms with E-state index in [0.717, 1.165) is 50.3 Å². The van der Waals surface area contributed by atoms with Gasteiger partial charge in [0.05, 0.1) is 0 Å². The second-order valence-corrected chi connectivity index (χ2v) is 6.71. The summed E-state index contributed by atoms with van der Waals surface area (Å²) in [4.78, 5) is 11.9. The van der Waals surface area contributed by atoms with Gasteiger partial charge < -0.3 is 14.2 Å². The summed E-state index contributed by atoms with van der Waals surface area (Å²) < 4.78 is 7.97. The van der Waals surface area contributed by atoms with Crippen molar-refractivity contribution in [2.24, 2.45) is 5.92 Å². The lowest BCUT2D eigenvalue weighted by Gasteiger charge is -2.31. The molecule has 0 aliphatic carbocycles. The zero-order chi connectivity index (χ0) is 14.9. The van der Waals surface area contributed by atoms with Crippen LogP contribution in [0.25, 0.3) is 11.2 Å². The maximum Gasteiger partial charge on any atom is 0.160 e. The van der Waals surface area contributed by atoms with E-state index in [-0.39, 0.29) is 0 Å². The molecule has 1 atom stereocenters. The van der Waals surface area contributed by atoms with Crippen LogP contribution < -0.4 is 0 Å². The number of hydrogen-bond acceptors (Lipinski definition) is 4. The Balaban J connectivity index is 1.69. The van der Waals surface area contributed by atoms with Crippen LogP contribution in [0.4, 0.5) is 0 Å². The van der Waals surface area contributed by atoms with Gasteiger partial charge in [-0.05, 0) is 57.5 Å². The van der Waals surface area contributed by atoms with Gasteiger partial charge in [-0.1, -0.05) is 0 Å². The first-order valence-electron chi connectivity index (χ1n) is 8.39. The number of imidazole rings is 1. The van der Waals surface area contributed by atoms with E-state index in [1.807, 2.05) is 12.3 Å².